The summed E-state index contributed by atoms with van der Waals surface area (Å²) < 4.78 is 6.96. The van der Waals surface area contributed by atoms with Gasteiger partial charge in [0.05, 0.1) is 40.6 Å². The first-order valence-electron chi connectivity index (χ1n) is 11.0. The van der Waals surface area contributed by atoms with Crippen molar-refractivity contribution < 1.29 is 14.5 Å². The number of nitrogens with zero attached hydrogens (tertiary/aromatic N) is 5. The molecule has 5 rings (SSSR count). The largest absolute Gasteiger partial charge is 0.496 e. The van der Waals surface area contributed by atoms with Crippen molar-refractivity contribution in [2.45, 2.75) is 13.0 Å². The van der Waals surface area contributed by atoms with Crippen LogP contribution in [0.3, 0.4) is 0 Å². The zero-order valence-electron chi connectivity index (χ0n) is 19.4. The fourth-order valence-corrected chi connectivity index (χ4v) is 4.20. The molecular weight excluding hydrogens is 462 g/mol. The Bertz CT molecular complexity index is 1500. The summed E-state index contributed by atoms with van der Waals surface area (Å²) in [6.07, 6.45) is 3.12. The molecule has 1 atom stereocenters. The van der Waals surface area contributed by atoms with Crippen molar-refractivity contribution in [3.63, 3.8) is 0 Å². The van der Waals surface area contributed by atoms with Gasteiger partial charge in [-0.1, -0.05) is 24.3 Å². The zero-order chi connectivity index (χ0) is 25.2. The highest BCUT2D eigenvalue weighted by Gasteiger charge is 2.38. The molecule has 0 radical (unpaired) electrons. The molecular formula is C25H21N7O4. The fourth-order valence-electron chi connectivity index (χ4n) is 4.20. The number of aromatic nitrogens is 4. The average molecular weight is 483 g/mol. The summed E-state index contributed by atoms with van der Waals surface area (Å²) in [5.74, 6) is 0.813. The number of ether oxygens (including phenoxy) is 1. The minimum atomic E-state index is -0.921. The Morgan fingerprint density at radius 2 is 1.92 bits per heavy atom. The minimum absolute atomic E-state index is 0.135. The van der Waals surface area contributed by atoms with E-state index in [-0.39, 0.29) is 11.3 Å². The summed E-state index contributed by atoms with van der Waals surface area (Å²) in [6, 6.07) is 16.0. The van der Waals surface area contributed by atoms with Gasteiger partial charge in [-0.2, -0.15) is 4.98 Å². The molecule has 0 saturated carbocycles. The van der Waals surface area contributed by atoms with Crippen LogP contribution in [-0.2, 0) is 4.79 Å². The predicted octanol–water partition coefficient (Wildman–Crippen LogP) is 4.18. The molecule has 0 bridgehead atoms. The third-order valence-electron chi connectivity index (χ3n) is 5.79. The second-order valence-electron chi connectivity index (χ2n) is 7.98. The monoisotopic (exact) mass is 483 g/mol. The summed E-state index contributed by atoms with van der Waals surface area (Å²) in [6.45, 7) is 1.72. The lowest BCUT2D eigenvalue weighted by atomic mass is 9.93. The number of amides is 1. The molecule has 1 amide bonds. The van der Waals surface area contributed by atoms with E-state index < -0.39 is 16.9 Å². The van der Waals surface area contributed by atoms with Crippen LogP contribution in [-0.4, -0.2) is 37.7 Å². The van der Waals surface area contributed by atoms with Crippen LogP contribution in [0.25, 0.3) is 11.4 Å². The van der Waals surface area contributed by atoms with Gasteiger partial charge < -0.3 is 15.4 Å². The maximum atomic E-state index is 13.5. The van der Waals surface area contributed by atoms with Crippen molar-refractivity contribution in [1.82, 2.24) is 19.7 Å². The maximum Gasteiger partial charge on any atom is 0.275 e. The number of nitrogens with one attached hydrogen (secondary N) is 2. The lowest BCUT2D eigenvalue weighted by Crippen LogP contribution is -2.32. The number of hydrogen-bond donors (Lipinski definition) is 2. The lowest BCUT2D eigenvalue weighted by molar-refractivity contribution is -0.385. The smallest absolute Gasteiger partial charge is 0.275 e. The number of nitro benzene ring substituents is 1. The number of methoxy groups -OCH3 is 1. The first kappa shape index (κ1) is 22.7. The lowest BCUT2D eigenvalue weighted by Gasteiger charge is -2.28. The summed E-state index contributed by atoms with van der Waals surface area (Å²) in [5.41, 5.74) is 2.05. The van der Waals surface area contributed by atoms with Crippen LogP contribution in [0.4, 0.5) is 17.3 Å². The topological polar surface area (TPSA) is 137 Å². The van der Waals surface area contributed by atoms with Crippen molar-refractivity contribution >= 4 is 23.2 Å². The molecule has 1 aliphatic heterocycles. The van der Waals surface area contributed by atoms with E-state index in [1.54, 1.807) is 56.6 Å². The van der Waals surface area contributed by atoms with E-state index in [2.05, 4.69) is 25.7 Å². The molecule has 1 unspecified atom stereocenters. The number of hydrogen-bond acceptors (Lipinski definition) is 8. The van der Waals surface area contributed by atoms with E-state index in [9.17, 15) is 14.9 Å². The number of carbonyl (C=O) groups excluding carboxylic acids is 1. The molecule has 2 N–H and O–H groups in total. The summed E-state index contributed by atoms with van der Waals surface area (Å²) in [7, 11) is 1.55. The van der Waals surface area contributed by atoms with Crippen LogP contribution in [0.15, 0.2) is 84.3 Å². The first-order chi connectivity index (χ1) is 17.5. The number of fused-ring (bicyclic) bond motifs is 1. The molecule has 2 aromatic carbocycles. The van der Waals surface area contributed by atoms with E-state index in [0.717, 1.165) is 0 Å². The number of rotatable bonds is 6. The standard InChI is InChI=1S/C25H21N7O4/c1-15-21(24(33)28-16-8-7-13-26-14-16)22(17-9-3-5-11-19(17)32(34)35)31-25(27-15)29-23(30-31)18-10-4-6-12-20(18)36-2/h3-14,22H,1-2H3,(H,28,33)(H,27,29,30). The van der Waals surface area contributed by atoms with E-state index in [0.29, 0.717) is 40.0 Å². The van der Waals surface area contributed by atoms with Gasteiger partial charge in [0.25, 0.3) is 11.6 Å². The third kappa shape index (κ3) is 4.02. The van der Waals surface area contributed by atoms with Gasteiger partial charge in [-0.15, -0.1) is 5.10 Å². The van der Waals surface area contributed by atoms with Gasteiger partial charge in [0.1, 0.15) is 11.8 Å². The maximum absolute atomic E-state index is 13.5. The quantitative estimate of drug-likeness (QED) is 0.308. The zero-order valence-corrected chi connectivity index (χ0v) is 19.4. The van der Waals surface area contributed by atoms with Crippen molar-refractivity contribution in [2.24, 2.45) is 0 Å². The van der Waals surface area contributed by atoms with Gasteiger partial charge in [0.2, 0.25) is 5.95 Å². The normalized spacial score (nSPS) is 14.6. The van der Waals surface area contributed by atoms with Crippen LogP contribution < -0.4 is 15.4 Å². The summed E-state index contributed by atoms with van der Waals surface area (Å²) >= 11 is 0. The molecule has 0 aliphatic carbocycles. The number of benzene rings is 2. The van der Waals surface area contributed by atoms with Crippen molar-refractivity contribution in [1.29, 1.82) is 0 Å². The Kier molecular flexibility index (Phi) is 5.87. The van der Waals surface area contributed by atoms with Gasteiger partial charge in [0, 0.05) is 18.0 Å². The first-order valence-corrected chi connectivity index (χ1v) is 11.0. The highest BCUT2D eigenvalue weighted by molar-refractivity contribution is 6.06. The molecule has 0 saturated heterocycles. The molecule has 180 valence electrons. The number of para-hydroxylation sites is 2. The van der Waals surface area contributed by atoms with Gasteiger partial charge in [0.15, 0.2) is 5.82 Å². The minimum Gasteiger partial charge on any atom is -0.496 e. The SMILES string of the molecule is COc1ccccc1-c1nc2n(n1)C(c1ccccc1[N+](=O)[O-])C(C(=O)Nc1cccnc1)=C(C)N2. The second-order valence-corrected chi connectivity index (χ2v) is 7.98. The molecule has 2 aromatic heterocycles. The van der Waals surface area contributed by atoms with Gasteiger partial charge in [-0.25, -0.2) is 4.68 Å². The van der Waals surface area contributed by atoms with Gasteiger partial charge >= 0.3 is 0 Å². The number of anilines is 2. The van der Waals surface area contributed by atoms with Crippen LogP contribution in [0, 0.1) is 10.1 Å². The Balaban J connectivity index is 1.68. The van der Waals surface area contributed by atoms with Crippen LogP contribution in [0.2, 0.25) is 0 Å². The van der Waals surface area contributed by atoms with Crippen molar-refractivity contribution in [2.75, 3.05) is 17.7 Å². The van der Waals surface area contributed by atoms with Crippen LogP contribution in [0.1, 0.15) is 18.5 Å². The third-order valence-corrected chi connectivity index (χ3v) is 5.79. The molecule has 11 nitrogen and oxygen atoms in total. The molecule has 1 aliphatic rings. The number of allylic oxidation sites excluding steroid dienone is 1. The van der Waals surface area contributed by atoms with Gasteiger partial charge in [-0.3, -0.25) is 19.9 Å². The predicted molar refractivity (Wildman–Crippen MR) is 132 cm³/mol. The number of carbonyl (C=O) groups is 1. The van der Waals surface area contributed by atoms with E-state index in [1.165, 1.54) is 16.9 Å². The molecule has 36 heavy (non-hydrogen) atoms. The molecule has 3 heterocycles. The number of nitro groups is 1. The fraction of sp³-hybridized carbons (Fsp3) is 0.120. The Morgan fingerprint density at radius 1 is 1.14 bits per heavy atom. The molecule has 4 aromatic rings. The molecule has 11 heteroatoms. The van der Waals surface area contributed by atoms with Crippen LogP contribution in [0.5, 0.6) is 5.75 Å². The van der Waals surface area contributed by atoms with Crippen molar-refractivity contribution in [3.05, 3.63) is 100 Å². The highest BCUT2D eigenvalue weighted by atomic mass is 16.6. The van der Waals surface area contributed by atoms with E-state index in [4.69, 9.17) is 4.74 Å². The van der Waals surface area contributed by atoms with Gasteiger partial charge in [-0.05, 0) is 37.3 Å². The molecule has 0 spiro atoms. The highest BCUT2D eigenvalue weighted by Crippen LogP contribution is 2.40. The summed E-state index contributed by atoms with van der Waals surface area (Å²) in [4.78, 5) is 33.7. The summed E-state index contributed by atoms with van der Waals surface area (Å²) in [5, 5.41) is 22.6. The van der Waals surface area contributed by atoms with Crippen LogP contribution >= 0.6 is 0 Å². The van der Waals surface area contributed by atoms with E-state index in [1.807, 2.05) is 18.2 Å². The second kappa shape index (κ2) is 9.29. The Morgan fingerprint density at radius 3 is 2.67 bits per heavy atom. The Labute approximate surface area is 205 Å². The molecule has 0 fully saturated rings. The van der Waals surface area contributed by atoms with E-state index >= 15 is 0 Å². The Hall–Kier alpha value is -5.06. The average Bonchev–Trinajstić information content (AvgIpc) is 3.31. The number of pyridine rings is 1. The van der Waals surface area contributed by atoms with Crippen molar-refractivity contribution in [3.8, 4) is 17.1 Å².